The third-order valence-corrected chi connectivity index (χ3v) is 6.92. The molecule has 5 heteroatoms. The van der Waals surface area contributed by atoms with Gasteiger partial charge in [-0.1, -0.05) is 109 Å². The van der Waals surface area contributed by atoms with Gasteiger partial charge in [-0.05, 0) is 28.3 Å². The van der Waals surface area contributed by atoms with Gasteiger partial charge in [-0.25, -0.2) is 4.79 Å². The fourth-order valence-corrected chi connectivity index (χ4v) is 5.08. The lowest BCUT2D eigenvalue weighted by Crippen LogP contribution is -2.46. The summed E-state index contributed by atoms with van der Waals surface area (Å²) < 4.78 is 0. The number of carbonyl (C=O) groups is 1. The molecule has 1 atom stereocenters. The van der Waals surface area contributed by atoms with Crippen LogP contribution in [0, 0.1) is 0 Å². The van der Waals surface area contributed by atoms with Crippen LogP contribution in [0.5, 0.6) is 0 Å². The number of anilines is 1. The Morgan fingerprint density at radius 1 is 0.757 bits per heavy atom. The van der Waals surface area contributed by atoms with E-state index in [1.54, 1.807) is 7.11 Å². The third kappa shape index (κ3) is 5.91. The van der Waals surface area contributed by atoms with E-state index < -0.39 is 0 Å². The van der Waals surface area contributed by atoms with Crippen LogP contribution in [-0.2, 0) is 24.3 Å². The summed E-state index contributed by atoms with van der Waals surface area (Å²) in [6, 6.07) is 39.0. The number of hydroxylamine groups is 2. The van der Waals surface area contributed by atoms with Crippen molar-refractivity contribution in [2.45, 2.75) is 25.6 Å². The van der Waals surface area contributed by atoms with E-state index in [1.165, 1.54) is 16.2 Å². The maximum atomic E-state index is 14.0. The van der Waals surface area contributed by atoms with E-state index in [4.69, 9.17) is 4.84 Å². The minimum absolute atomic E-state index is 0.138. The molecule has 5 rings (SSSR count). The van der Waals surface area contributed by atoms with Crippen molar-refractivity contribution in [2.24, 2.45) is 0 Å². The number of amides is 2. The van der Waals surface area contributed by atoms with Gasteiger partial charge in [0.25, 0.3) is 0 Å². The van der Waals surface area contributed by atoms with Crippen molar-refractivity contribution in [1.82, 2.24) is 9.96 Å². The number of rotatable bonds is 9. The van der Waals surface area contributed by atoms with Gasteiger partial charge in [0, 0.05) is 38.3 Å². The minimum atomic E-state index is -0.199. The maximum absolute atomic E-state index is 14.0. The summed E-state index contributed by atoms with van der Waals surface area (Å²) in [5.74, 6) is 0. The van der Waals surface area contributed by atoms with Gasteiger partial charge < -0.3 is 0 Å². The summed E-state index contributed by atoms with van der Waals surface area (Å²) >= 11 is 0. The van der Waals surface area contributed by atoms with E-state index in [-0.39, 0.29) is 12.1 Å². The number of carbonyl (C=O) groups excluding carboxylic acids is 1. The fourth-order valence-electron chi connectivity index (χ4n) is 5.08. The van der Waals surface area contributed by atoms with Crippen molar-refractivity contribution in [2.75, 3.05) is 25.1 Å². The molecule has 1 aliphatic heterocycles. The first-order chi connectivity index (χ1) is 18.2. The first-order valence-electron chi connectivity index (χ1n) is 12.8. The minimum Gasteiger partial charge on any atom is -0.293 e. The zero-order valence-electron chi connectivity index (χ0n) is 21.2. The molecular weight excluding hydrogens is 458 g/mol. The molecule has 1 heterocycles. The second kappa shape index (κ2) is 11.9. The lowest BCUT2D eigenvalue weighted by atomic mass is 9.98. The van der Waals surface area contributed by atoms with E-state index >= 15 is 0 Å². The van der Waals surface area contributed by atoms with Crippen molar-refractivity contribution in [1.29, 1.82) is 0 Å². The Morgan fingerprint density at radius 2 is 1.30 bits per heavy atom. The van der Waals surface area contributed by atoms with E-state index in [1.807, 2.05) is 53.4 Å². The molecule has 4 aromatic carbocycles. The van der Waals surface area contributed by atoms with Crippen LogP contribution in [0.1, 0.15) is 28.3 Å². The Morgan fingerprint density at radius 3 is 1.89 bits per heavy atom. The van der Waals surface area contributed by atoms with Crippen molar-refractivity contribution in [3.05, 3.63) is 138 Å². The van der Waals surface area contributed by atoms with Crippen LogP contribution in [0.2, 0.25) is 0 Å². The van der Waals surface area contributed by atoms with Gasteiger partial charge in [-0.2, -0.15) is 5.06 Å². The summed E-state index contributed by atoms with van der Waals surface area (Å²) in [6.07, 6.45) is 0.689. The molecule has 0 radical (unpaired) electrons. The van der Waals surface area contributed by atoms with E-state index in [9.17, 15) is 4.79 Å². The molecule has 1 unspecified atom stereocenters. The normalized spacial score (nSPS) is 15.5. The number of hydrogen-bond acceptors (Lipinski definition) is 3. The molecule has 5 nitrogen and oxygen atoms in total. The van der Waals surface area contributed by atoms with Gasteiger partial charge in [0.2, 0.25) is 0 Å². The molecule has 4 aromatic rings. The van der Waals surface area contributed by atoms with Gasteiger partial charge in [-0.15, -0.1) is 0 Å². The number of fused-ring (bicyclic) bond motifs is 1. The number of para-hydroxylation sites is 1. The SMILES string of the molecule is CON1C(=O)N(CCN(Cc2ccccc2)Cc2ccccc2)c2ccccc2CC1c1ccccc1. The quantitative estimate of drug-likeness (QED) is 0.269. The highest BCUT2D eigenvalue weighted by molar-refractivity contribution is 5.93. The summed E-state index contributed by atoms with van der Waals surface area (Å²) in [4.78, 5) is 24.0. The largest absolute Gasteiger partial charge is 0.349 e. The van der Waals surface area contributed by atoms with Crippen molar-refractivity contribution >= 4 is 11.7 Å². The van der Waals surface area contributed by atoms with Gasteiger partial charge in [0.15, 0.2) is 0 Å². The van der Waals surface area contributed by atoms with Crippen LogP contribution in [-0.4, -0.2) is 36.2 Å². The molecule has 1 aliphatic rings. The van der Waals surface area contributed by atoms with E-state index in [0.29, 0.717) is 13.0 Å². The predicted molar refractivity (Wildman–Crippen MR) is 148 cm³/mol. The number of nitrogens with zero attached hydrogens (tertiary/aromatic N) is 3. The van der Waals surface area contributed by atoms with E-state index in [0.717, 1.165) is 36.4 Å². The highest BCUT2D eigenvalue weighted by Crippen LogP contribution is 2.35. The fraction of sp³-hybridized carbons (Fsp3) is 0.219. The van der Waals surface area contributed by atoms with Crippen LogP contribution in [0.4, 0.5) is 10.5 Å². The van der Waals surface area contributed by atoms with E-state index in [2.05, 4.69) is 71.6 Å². The first-order valence-corrected chi connectivity index (χ1v) is 12.8. The molecule has 0 saturated carbocycles. The Hall–Kier alpha value is -3.93. The predicted octanol–water partition coefficient (Wildman–Crippen LogP) is 6.48. The highest BCUT2D eigenvalue weighted by atomic mass is 16.7. The Balaban J connectivity index is 1.42. The smallest absolute Gasteiger partial charge is 0.293 e. The monoisotopic (exact) mass is 491 g/mol. The van der Waals surface area contributed by atoms with Crippen LogP contribution in [0.3, 0.4) is 0 Å². The molecular formula is C32H33N3O2. The first kappa shape index (κ1) is 24.8. The van der Waals surface area contributed by atoms with Gasteiger partial charge >= 0.3 is 6.03 Å². The van der Waals surface area contributed by atoms with Gasteiger partial charge in [-0.3, -0.25) is 14.6 Å². The lowest BCUT2D eigenvalue weighted by molar-refractivity contribution is -0.115. The highest BCUT2D eigenvalue weighted by Gasteiger charge is 2.35. The third-order valence-electron chi connectivity index (χ3n) is 6.92. The summed E-state index contributed by atoms with van der Waals surface area (Å²) in [5, 5.41) is 1.54. The molecule has 0 saturated heterocycles. The molecule has 2 amide bonds. The maximum Gasteiger partial charge on any atom is 0.349 e. The van der Waals surface area contributed by atoms with Crippen LogP contribution < -0.4 is 4.90 Å². The van der Waals surface area contributed by atoms with Crippen LogP contribution in [0.15, 0.2) is 115 Å². The Labute approximate surface area is 219 Å². The topological polar surface area (TPSA) is 36.0 Å². The standard InChI is InChI=1S/C32H33N3O2/c1-37-35-31(28-17-9-4-10-18-28)23-29-19-11-12-20-30(29)34(32(35)36)22-21-33(24-26-13-5-2-6-14-26)25-27-15-7-3-8-16-27/h2-20,31H,21-25H2,1H3. The molecule has 0 bridgehead atoms. The van der Waals surface area contributed by atoms with Crippen molar-refractivity contribution in [3.63, 3.8) is 0 Å². The Kier molecular flexibility index (Phi) is 7.94. The zero-order chi connectivity index (χ0) is 25.5. The lowest BCUT2D eigenvalue weighted by Gasteiger charge is -2.32. The average molecular weight is 492 g/mol. The number of benzene rings is 4. The van der Waals surface area contributed by atoms with Crippen LogP contribution in [0.25, 0.3) is 0 Å². The van der Waals surface area contributed by atoms with Gasteiger partial charge in [0.1, 0.15) is 0 Å². The molecule has 37 heavy (non-hydrogen) atoms. The Bertz CT molecular complexity index is 1240. The molecule has 0 aliphatic carbocycles. The molecule has 0 spiro atoms. The number of hydrogen-bond donors (Lipinski definition) is 0. The van der Waals surface area contributed by atoms with Crippen molar-refractivity contribution < 1.29 is 9.63 Å². The van der Waals surface area contributed by atoms with Crippen molar-refractivity contribution in [3.8, 4) is 0 Å². The molecule has 0 fully saturated rings. The van der Waals surface area contributed by atoms with Crippen LogP contribution >= 0.6 is 0 Å². The summed E-state index contributed by atoms with van der Waals surface area (Å²) in [7, 11) is 1.58. The zero-order valence-corrected chi connectivity index (χ0v) is 21.2. The molecule has 0 aromatic heterocycles. The summed E-state index contributed by atoms with van der Waals surface area (Å²) in [5.41, 5.74) is 5.66. The molecule has 188 valence electrons. The number of urea groups is 1. The average Bonchev–Trinajstić information content (AvgIpc) is 3.07. The molecule has 0 N–H and O–H groups in total. The second-order valence-electron chi connectivity index (χ2n) is 9.38. The summed E-state index contributed by atoms with van der Waals surface area (Å²) in [6.45, 7) is 2.88. The second-order valence-corrected chi connectivity index (χ2v) is 9.38. The van der Waals surface area contributed by atoms with Gasteiger partial charge in [0.05, 0.1) is 13.2 Å².